The van der Waals surface area contributed by atoms with Crippen LogP contribution >= 0.6 is 11.8 Å². The van der Waals surface area contributed by atoms with Crippen molar-refractivity contribution in [2.24, 2.45) is 10.9 Å². The third-order valence-electron chi connectivity index (χ3n) is 1.64. The summed E-state index contributed by atoms with van der Waals surface area (Å²) in [7, 11) is 0. The zero-order valence-electron chi connectivity index (χ0n) is 9.44. The van der Waals surface area contributed by atoms with E-state index in [1.54, 1.807) is 0 Å². The smallest absolute Gasteiger partial charge is 0.332 e. The summed E-state index contributed by atoms with van der Waals surface area (Å²) in [5, 5.41) is 10.3. The van der Waals surface area contributed by atoms with Crippen LogP contribution in [0.15, 0.2) is 5.10 Å². The van der Waals surface area contributed by atoms with Crippen molar-refractivity contribution in [1.29, 1.82) is 0 Å². The maximum atomic E-state index is 11.7. The fourth-order valence-corrected chi connectivity index (χ4v) is 1.52. The lowest BCUT2D eigenvalue weighted by atomic mass is 10.1. The molecule has 0 aromatic heterocycles. The highest BCUT2D eigenvalue weighted by molar-refractivity contribution is 8.13. The van der Waals surface area contributed by atoms with E-state index < -0.39 is 0 Å². The third kappa shape index (κ3) is 3.28. The van der Waals surface area contributed by atoms with Crippen molar-refractivity contribution in [1.82, 2.24) is 15.3 Å². The van der Waals surface area contributed by atoms with Gasteiger partial charge in [-0.25, -0.2) is 10.6 Å². The summed E-state index contributed by atoms with van der Waals surface area (Å²) in [5.74, 6) is 5.64. The minimum Gasteiger partial charge on any atom is -0.332 e. The third-order valence-corrected chi connectivity index (χ3v) is 2.32. The fraction of sp³-hybridized carbons (Fsp3) is 0.750. The molecule has 15 heavy (non-hydrogen) atoms. The van der Waals surface area contributed by atoms with Crippen molar-refractivity contribution in [3.05, 3.63) is 0 Å². The van der Waals surface area contributed by atoms with Gasteiger partial charge in [0, 0.05) is 5.54 Å². The molecule has 1 aliphatic rings. The summed E-state index contributed by atoms with van der Waals surface area (Å²) < 4.78 is 0. The number of carbonyl (C=O) groups excluding carboxylic acids is 1. The Labute approximate surface area is 93.8 Å². The van der Waals surface area contributed by atoms with Gasteiger partial charge < -0.3 is 5.32 Å². The van der Waals surface area contributed by atoms with E-state index in [2.05, 4.69) is 10.4 Å². The zero-order chi connectivity index (χ0) is 11.6. The molecule has 3 N–H and O–H groups in total. The normalized spacial score (nSPS) is 16.7. The average molecular weight is 231 g/mol. The van der Waals surface area contributed by atoms with Gasteiger partial charge in [0.05, 0.1) is 0 Å². The minimum atomic E-state index is -0.270. The highest BCUT2D eigenvalue weighted by Crippen LogP contribution is 2.12. The van der Waals surface area contributed by atoms with Crippen LogP contribution in [0.25, 0.3) is 0 Å². The zero-order valence-corrected chi connectivity index (χ0v) is 10.3. The molecule has 0 aromatic carbocycles. The van der Waals surface area contributed by atoms with Crippen molar-refractivity contribution in [2.45, 2.75) is 26.3 Å². The molecule has 0 saturated heterocycles. The number of hydrazone groups is 1. The lowest BCUT2D eigenvalue weighted by molar-refractivity contribution is 0.181. The van der Waals surface area contributed by atoms with Crippen LogP contribution in [-0.2, 0) is 0 Å². The lowest BCUT2D eigenvalue weighted by Crippen LogP contribution is -2.48. The Morgan fingerprint density at radius 1 is 1.60 bits per heavy atom. The van der Waals surface area contributed by atoms with Crippen LogP contribution in [0.1, 0.15) is 20.8 Å². The Hall–Kier alpha value is -0.950. The number of amidine groups is 1. The van der Waals surface area contributed by atoms with Gasteiger partial charge in [-0.15, -0.1) is 5.10 Å². The number of nitrogens with two attached hydrogens (primary N) is 1. The van der Waals surface area contributed by atoms with E-state index in [0.717, 1.165) is 0 Å². The number of nitrogens with one attached hydrogen (secondary N) is 1. The van der Waals surface area contributed by atoms with Crippen LogP contribution in [0.2, 0.25) is 0 Å². The van der Waals surface area contributed by atoms with Gasteiger partial charge in [0.1, 0.15) is 6.67 Å². The molecule has 1 rings (SSSR count). The Kier molecular flexibility index (Phi) is 3.46. The summed E-state index contributed by atoms with van der Waals surface area (Å²) in [6.45, 7) is 6.04. The standard InChI is InChI=1S/C8H17N5OS/c1-8(2,3)10-6(14)13-5-12(9)7(11-13)15-4/h5,9H2,1-4H3,(H,10,14). The maximum absolute atomic E-state index is 11.7. The number of amides is 2. The first-order chi connectivity index (χ1) is 6.83. The van der Waals surface area contributed by atoms with Crippen LogP contribution in [0.5, 0.6) is 0 Å². The highest BCUT2D eigenvalue weighted by Gasteiger charge is 2.26. The van der Waals surface area contributed by atoms with Gasteiger partial charge >= 0.3 is 6.03 Å². The number of urea groups is 1. The van der Waals surface area contributed by atoms with E-state index in [1.807, 2.05) is 27.0 Å². The summed E-state index contributed by atoms with van der Waals surface area (Å²) >= 11 is 1.41. The molecule has 1 heterocycles. The Bertz CT molecular complexity index is 285. The van der Waals surface area contributed by atoms with E-state index in [1.165, 1.54) is 21.8 Å². The van der Waals surface area contributed by atoms with Crippen LogP contribution in [0.3, 0.4) is 0 Å². The highest BCUT2D eigenvalue weighted by atomic mass is 32.2. The summed E-state index contributed by atoms with van der Waals surface area (Å²) in [6, 6.07) is -0.234. The second-order valence-corrected chi connectivity index (χ2v) is 5.05. The summed E-state index contributed by atoms with van der Waals surface area (Å²) in [5.41, 5.74) is -0.270. The molecule has 6 nitrogen and oxygen atoms in total. The van der Waals surface area contributed by atoms with Gasteiger partial charge in [-0.05, 0) is 27.0 Å². The Morgan fingerprint density at radius 2 is 2.20 bits per heavy atom. The number of hydrazine groups is 1. The number of hydrogen-bond acceptors (Lipinski definition) is 5. The van der Waals surface area contributed by atoms with Crippen molar-refractivity contribution in [3.8, 4) is 0 Å². The van der Waals surface area contributed by atoms with E-state index in [-0.39, 0.29) is 18.2 Å². The van der Waals surface area contributed by atoms with Crippen LogP contribution in [0.4, 0.5) is 4.79 Å². The summed E-state index contributed by atoms with van der Waals surface area (Å²) in [6.07, 6.45) is 1.86. The predicted octanol–water partition coefficient (Wildman–Crippen LogP) is 0.577. The van der Waals surface area contributed by atoms with E-state index >= 15 is 0 Å². The van der Waals surface area contributed by atoms with Crippen LogP contribution in [-0.4, -0.2) is 39.7 Å². The predicted molar refractivity (Wildman–Crippen MR) is 62.0 cm³/mol. The molecular weight excluding hydrogens is 214 g/mol. The van der Waals surface area contributed by atoms with Gasteiger partial charge in [0.15, 0.2) is 5.17 Å². The second kappa shape index (κ2) is 4.28. The molecule has 0 bridgehead atoms. The van der Waals surface area contributed by atoms with Crippen LogP contribution < -0.4 is 11.2 Å². The monoisotopic (exact) mass is 231 g/mol. The lowest BCUT2D eigenvalue weighted by Gasteiger charge is -2.23. The molecule has 2 amide bonds. The van der Waals surface area contributed by atoms with Gasteiger partial charge in [0.2, 0.25) is 0 Å². The molecule has 7 heteroatoms. The molecule has 86 valence electrons. The number of thioether (sulfide) groups is 1. The van der Waals surface area contributed by atoms with Gasteiger partial charge in [0.25, 0.3) is 0 Å². The first-order valence-corrected chi connectivity index (χ1v) is 5.80. The van der Waals surface area contributed by atoms with Crippen molar-refractivity contribution in [2.75, 3.05) is 12.9 Å². The first-order valence-electron chi connectivity index (χ1n) is 4.58. The molecule has 1 aliphatic heterocycles. The van der Waals surface area contributed by atoms with E-state index in [9.17, 15) is 4.79 Å². The molecule has 0 unspecified atom stereocenters. The topological polar surface area (TPSA) is 74.0 Å². The molecule has 0 aromatic rings. The van der Waals surface area contributed by atoms with Crippen LogP contribution in [0, 0.1) is 0 Å². The molecule has 0 aliphatic carbocycles. The molecule has 0 saturated carbocycles. The Morgan fingerprint density at radius 3 is 2.60 bits per heavy atom. The van der Waals surface area contributed by atoms with E-state index in [0.29, 0.717) is 5.17 Å². The van der Waals surface area contributed by atoms with Gasteiger partial charge in [-0.3, -0.25) is 5.01 Å². The number of carbonyl (C=O) groups is 1. The van der Waals surface area contributed by atoms with E-state index in [4.69, 9.17) is 5.84 Å². The number of nitrogens with zero attached hydrogens (tertiary/aromatic N) is 3. The number of hydrogen-bond donors (Lipinski definition) is 2. The molecular formula is C8H17N5OS. The molecule has 0 atom stereocenters. The number of rotatable bonds is 0. The molecule has 0 spiro atoms. The SMILES string of the molecule is CSC1=NN(C(=O)NC(C)(C)C)CN1N. The minimum absolute atomic E-state index is 0.234. The summed E-state index contributed by atoms with van der Waals surface area (Å²) in [4.78, 5) is 11.7. The Balaban J connectivity index is 2.61. The van der Waals surface area contributed by atoms with Gasteiger partial charge in [-0.1, -0.05) is 11.8 Å². The quantitative estimate of drug-likeness (QED) is 0.598. The fourth-order valence-electron chi connectivity index (χ4n) is 1.05. The average Bonchev–Trinajstić information content (AvgIpc) is 2.43. The maximum Gasteiger partial charge on any atom is 0.340 e. The van der Waals surface area contributed by atoms with Crippen molar-refractivity contribution >= 4 is 23.0 Å². The van der Waals surface area contributed by atoms with Crippen molar-refractivity contribution < 1.29 is 4.79 Å². The molecule has 0 radical (unpaired) electrons. The molecule has 0 fully saturated rings. The van der Waals surface area contributed by atoms with Crippen molar-refractivity contribution in [3.63, 3.8) is 0 Å². The second-order valence-electron chi connectivity index (χ2n) is 4.28. The van der Waals surface area contributed by atoms with Gasteiger partial charge in [-0.2, -0.15) is 5.01 Å². The first kappa shape index (κ1) is 12.1. The largest absolute Gasteiger partial charge is 0.340 e.